The Labute approximate surface area is 112 Å². The van der Waals surface area contributed by atoms with E-state index >= 15 is 0 Å². The highest BCUT2D eigenvalue weighted by molar-refractivity contribution is 7.80. The fourth-order valence-corrected chi connectivity index (χ4v) is 2.95. The van der Waals surface area contributed by atoms with Gasteiger partial charge in [-0.3, -0.25) is 0 Å². The summed E-state index contributed by atoms with van der Waals surface area (Å²) in [4.78, 5) is 0. The van der Waals surface area contributed by atoms with Crippen LogP contribution in [-0.4, -0.2) is 16.8 Å². The quantitative estimate of drug-likeness (QED) is 0.535. The lowest BCUT2D eigenvalue weighted by molar-refractivity contribution is -0.124. The van der Waals surface area contributed by atoms with E-state index in [1.165, 1.54) is 32.1 Å². The van der Waals surface area contributed by atoms with Crippen molar-refractivity contribution >= 4 is 12.6 Å². The molecule has 0 aromatic carbocycles. The Bertz CT molecular complexity index is 193. The van der Waals surface area contributed by atoms with Crippen LogP contribution in [0.2, 0.25) is 0 Å². The molecule has 3 unspecified atom stereocenters. The van der Waals surface area contributed by atoms with E-state index in [1.807, 2.05) is 0 Å². The van der Waals surface area contributed by atoms with Crippen LogP contribution in [0.3, 0.4) is 0 Å². The Hall–Kier alpha value is 0.270. The van der Waals surface area contributed by atoms with Crippen molar-refractivity contribution in [3.63, 3.8) is 0 Å². The summed E-state index contributed by atoms with van der Waals surface area (Å²) in [6.07, 6.45) is 8.84. The van der Waals surface area contributed by atoms with E-state index in [9.17, 15) is 5.11 Å². The highest BCUT2D eigenvalue weighted by Gasteiger charge is 2.19. The standard InChI is InChI=1S/C14H28O2S/c1-3-11(2)9-13(15)16-14(17)10-12-7-5-4-6-8-12/h11-15,17H,3-10H2,1-2H3. The molecule has 0 spiro atoms. The van der Waals surface area contributed by atoms with Crippen molar-refractivity contribution in [3.8, 4) is 0 Å². The number of ether oxygens (including phenoxy) is 1. The third kappa shape index (κ3) is 6.68. The zero-order valence-corrected chi connectivity index (χ0v) is 12.2. The normalized spacial score (nSPS) is 23.3. The van der Waals surface area contributed by atoms with Gasteiger partial charge in [-0.05, 0) is 18.3 Å². The minimum absolute atomic E-state index is 0.0999. The van der Waals surface area contributed by atoms with E-state index in [4.69, 9.17) is 4.74 Å². The zero-order valence-electron chi connectivity index (χ0n) is 11.3. The van der Waals surface area contributed by atoms with E-state index in [-0.39, 0.29) is 5.44 Å². The number of hydrogen-bond donors (Lipinski definition) is 2. The van der Waals surface area contributed by atoms with Crippen molar-refractivity contribution < 1.29 is 9.84 Å². The minimum Gasteiger partial charge on any atom is -0.368 e. The molecule has 1 N–H and O–H groups in total. The number of aliphatic hydroxyl groups is 1. The smallest absolute Gasteiger partial charge is 0.156 e. The second-order valence-electron chi connectivity index (χ2n) is 5.53. The average molecular weight is 260 g/mol. The second-order valence-corrected chi connectivity index (χ2v) is 6.11. The predicted molar refractivity (Wildman–Crippen MR) is 75.1 cm³/mol. The van der Waals surface area contributed by atoms with Crippen LogP contribution >= 0.6 is 12.6 Å². The van der Waals surface area contributed by atoms with Gasteiger partial charge < -0.3 is 9.84 Å². The Morgan fingerprint density at radius 3 is 2.53 bits per heavy atom. The Morgan fingerprint density at radius 2 is 1.94 bits per heavy atom. The SMILES string of the molecule is CCC(C)CC(O)OC(S)CC1CCCCC1. The maximum atomic E-state index is 9.78. The Kier molecular flexibility index (Phi) is 7.56. The van der Waals surface area contributed by atoms with Gasteiger partial charge in [-0.1, -0.05) is 52.4 Å². The van der Waals surface area contributed by atoms with Crippen LogP contribution in [0.5, 0.6) is 0 Å². The molecule has 0 aliphatic heterocycles. The van der Waals surface area contributed by atoms with Gasteiger partial charge in [0.05, 0.1) is 0 Å². The molecule has 17 heavy (non-hydrogen) atoms. The molecule has 1 saturated carbocycles. The fraction of sp³-hybridized carbons (Fsp3) is 1.00. The van der Waals surface area contributed by atoms with Gasteiger partial charge in [0.15, 0.2) is 6.29 Å². The van der Waals surface area contributed by atoms with Crippen LogP contribution in [0.15, 0.2) is 0 Å². The lowest BCUT2D eigenvalue weighted by Gasteiger charge is -2.26. The van der Waals surface area contributed by atoms with E-state index in [0.29, 0.717) is 5.92 Å². The first-order valence-corrected chi connectivity index (χ1v) is 7.65. The van der Waals surface area contributed by atoms with E-state index in [2.05, 4.69) is 26.5 Å². The summed E-state index contributed by atoms with van der Waals surface area (Å²) in [6.45, 7) is 4.28. The molecule has 1 rings (SSSR count). The van der Waals surface area contributed by atoms with Crippen LogP contribution in [0.4, 0.5) is 0 Å². The zero-order chi connectivity index (χ0) is 12.7. The van der Waals surface area contributed by atoms with Crippen molar-refractivity contribution in [1.82, 2.24) is 0 Å². The van der Waals surface area contributed by atoms with Crippen LogP contribution in [0.25, 0.3) is 0 Å². The largest absolute Gasteiger partial charge is 0.368 e. The monoisotopic (exact) mass is 260 g/mol. The number of thiol groups is 1. The molecule has 1 aliphatic rings. The summed E-state index contributed by atoms with van der Waals surface area (Å²) < 4.78 is 5.55. The lowest BCUT2D eigenvalue weighted by Crippen LogP contribution is -2.23. The number of rotatable bonds is 7. The summed E-state index contributed by atoms with van der Waals surface area (Å²) in [7, 11) is 0. The van der Waals surface area contributed by atoms with Gasteiger partial charge in [0.2, 0.25) is 0 Å². The first-order chi connectivity index (χ1) is 8.11. The third-order valence-electron chi connectivity index (χ3n) is 3.87. The molecule has 102 valence electrons. The highest BCUT2D eigenvalue weighted by atomic mass is 32.1. The van der Waals surface area contributed by atoms with Gasteiger partial charge in [-0.2, -0.15) is 0 Å². The average Bonchev–Trinajstić information content (AvgIpc) is 2.29. The topological polar surface area (TPSA) is 29.5 Å². The maximum Gasteiger partial charge on any atom is 0.156 e. The van der Waals surface area contributed by atoms with Crippen molar-refractivity contribution in [2.75, 3.05) is 0 Å². The van der Waals surface area contributed by atoms with Gasteiger partial charge >= 0.3 is 0 Å². The molecule has 0 saturated heterocycles. The van der Waals surface area contributed by atoms with Gasteiger partial charge in [0.1, 0.15) is 5.44 Å². The van der Waals surface area contributed by atoms with Crippen molar-refractivity contribution in [2.45, 2.75) is 76.9 Å². The summed E-state index contributed by atoms with van der Waals surface area (Å²) in [5.74, 6) is 1.27. The molecule has 3 atom stereocenters. The van der Waals surface area contributed by atoms with Gasteiger partial charge in [-0.25, -0.2) is 0 Å². The van der Waals surface area contributed by atoms with Crippen molar-refractivity contribution in [1.29, 1.82) is 0 Å². The first-order valence-electron chi connectivity index (χ1n) is 7.13. The molecule has 0 bridgehead atoms. The van der Waals surface area contributed by atoms with Gasteiger partial charge in [0.25, 0.3) is 0 Å². The van der Waals surface area contributed by atoms with Crippen molar-refractivity contribution in [2.24, 2.45) is 11.8 Å². The highest BCUT2D eigenvalue weighted by Crippen LogP contribution is 2.29. The summed E-state index contributed by atoms with van der Waals surface area (Å²) in [5, 5.41) is 9.78. The van der Waals surface area contributed by atoms with Crippen LogP contribution in [-0.2, 0) is 4.74 Å². The number of aliphatic hydroxyl groups excluding tert-OH is 1. The Morgan fingerprint density at radius 1 is 1.29 bits per heavy atom. The Balaban J connectivity index is 2.16. The van der Waals surface area contributed by atoms with Crippen LogP contribution in [0.1, 0.15) is 65.2 Å². The third-order valence-corrected chi connectivity index (χ3v) is 4.21. The van der Waals surface area contributed by atoms with Gasteiger partial charge in [0, 0.05) is 6.42 Å². The summed E-state index contributed by atoms with van der Waals surface area (Å²) in [5.41, 5.74) is -0.0999. The molecular formula is C14H28O2S. The molecule has 2 nitrogen and oxygen atoms in total. The fourth-order valence-electron chi connectivity index (χ4n) is 2.51. The predicted octanol–water partition coefficient (Wildman–Crippen LogP) is 3.98. The van der Waals surface area contributed by atoms with E-state index < -0.39 is 6.29 Å². The van der Waals surface area contributed by atoms with Gasteiger partial charge in [-0.15, -0.1) is 12.6 Å². The molecular weight excluding hydrogens is 232 g/mol. The van der Waals surface area contributed by atoms with E-state index in [1.54, 1.807) is 0 Å². The van der Waals surface area contributed by atoms with Crippen molar-refractivity contribution in [3.05, 3.63) is 0 Å². The molecule has 1 fully saturated rings. The first kappa shape index (κ1) is 15.3. The molecule has 3 heteroatoms. The summed E-state index contributed by atoms with van der Waals surface area (Å²) in [6, 6.07) is 0. The molecule has 0 amide bonds. The van der Waals surface area contributed by atoms with E-state index in [0.717, 1.165) is 25.2 Å². The second kappa shape index (κ2) is 8.39. The molecule has 0 aromatic heterocycles. The number of hydrogen-bond acceptors (Lipinski definition) is 3. The molecule has 0 radical (unpaired) electrons. The summed E-state index contributed by atoms with van der Waals surface area (Å²) >= 11 is 4.45. The van der Waals surface area contributed by atoms with Crippen LogP contribution in [0, 0.1) is 11.8 Å². The van der Waals surface area contributed by atoms with Crippen LogP contribution < -0.4 is 0 Å². The molecule has 0 aromatic rings. The molecule has 1 aliphatic carbocycles. The minimum atomic E-state index is -0.643. The lowest BCUT2D eigenvalue weighted by atomic mass is 9.87. The maximum absolute atomic E-state index is 9.78. The molecule has 0 heterocycles.